The lowest BCUT2D eigenvalue weighted by Gasteiger charge is -2.31. The van der Waals surface area contributed by atoms with Gasteiger partial charge in [-0.2, -0.15) is 13.2 Å². The van der Waals surface area contributed by atoms with E-state index in [9.17, 15) is 18.0 Å². The lowest BCUT2D eigenvalue weighted by atomic mass is 10.1. The van der Waals surface area contributed by atoms with Gasteiger partial charge in [0.2, 0.25) is 5.96 Å². The fourth-order valence-electron chi connectivity index (χ4n) is 4.14. The van der Waals surface area contributed by atoms with Crippen molar-refractivity contribution in [1.82, 2.24) is 9.47 Å². The van der Waals surface area contributed by atoms with Crippen LogP contribution in [0.2, 0.25) is 0 Å². The van der Waals surface area contributed by atoms with Crippen molar-refractivity contribution in [2.24, 2.45) is 4.99 Å². The van der Waals surface area contributed by atoms with E-state index in [0.717, 1.165) is 33.3 Å². The van der Waals surface area contributed by atoms with Crippen molar-refractivity contribution in [1.29, 1.82) is 0 Å². The second-order valence-corrected chi connectivity index (χ2v) is 9.25. The highest BCUT2D eigenvalue weighted by Crippen LogP contribution is 2.42. The van der Waals surface area contributed by atoms with Crippen LogP contribution in [0.3, 0.4) is 0 Å². The number of benzene rings is 2. The molecular weight excluding hydrogens is 449 g/mol. The number of carbonyl (C=O) groups is 1. The molecule has 33 heavy (non-hydrogen) atoms. The van der Waals surface area contributed by atoms with Crippen molar-refractivity contribution in [2.45, 2.75) is 35.6 Å². The lowest BCUT2D eigenvalue weighted by molar-refractivity contribution is -0.137. The monoisotopic (exact) mass is 470 g/mol. The number of hydrogen-bond acceptors (Lipinski definition) is 4. The third kappa shape index (κ3) is 3.90. The van der Waals surface area contributed by atoms with Crippen molar-refractivity contribution in [3.05, 3.63) is 77.5 Å². The molecule has 1 atom stereocenters. The Bertz CT molecular complexity index is 1240. The Kier molecular flexibility index (Phi) is 5.23. The minimum atomic E-state index is -4.38. The molecule has 0 fully saturated rings. The summed E-state index contributed by atoms with van der Waals surface area (Å²) in [7, 11) is 1.72. The summed E-state index contributed by atoms with van der Waals surface area (Å²) in [5.74, 6) is 0.488. The predicted octanol–water partition coefficient (Wildman–Crippen LogP) is 5.36. The van der Waals surface area contributed by atoms with E-state index in [2.05, 4.69) is 4.99 Å². The Morgan fingerprint density at radius 2 is 1.79 bits per heavy atom. The van der Waals surface area contributed by atoms with E-state index in [-0.39, 0.29) is 11.9 Å². The summed E-state index contributed by atoms with van der Waals surface area (Å²) in [6, 6.07) is 14.9. The maximum atomic E-state index is 13.4. The average molecular weight is 471 g/mol. The topological polar surface area (TPSA) is 40.8 Å². The number of hydrogen-bond donors (Lipinski definition) is 0. The first-order valence-electron chi connectivity index (χ1n) is 10.5. The number of aromatic nitrogens is 1. The van der Waals surface area contributed by atoms with E-state index >= 15 is 0 Å². The summed E-state index contributed by atoms with van der Waals surface area (Å²) in [5, 5.41) is 0.756. The zero-order valence-electron chi connectivity index (χ0n) is 18.0. The van der Waals surface area contributed by atoms with Crippen LogP contribution in [-0.4, -0.2) is 41.0 Å². The summed E-state index contributed by atoms with van der Waals surface area (Å²) in [5.41, 5.74) is 1.41. The molecule has 2 aliphatic heterocycles. The van der Waals surface area contributed by atoms with Gasteiger partial charge in [0.1, 0.15) is 0 Å². The number of fused-ring (bicyclic) bond motifs is 3. The molecule has 5 rings (SSSR count). The molecular formula is C24H21F3N4OS. The molecule has 3 aromatic rings. The van der Waals surface area contributed by atoms with Crippen LogP contribution < -0.4 is 4.90 Å². The molecule has 0 spiro atoms. The van der Waals surface area contributed by atoms with Gasteiger partial charge in [-0.3, -0.25) is 9.69 Å². The maximum absolute atomic E-state index is 13.4. The number of nitrogens with zero attached hydrogens (tertiary/aromatic N) is 4. The molecule has 0 saturated heterocycles. The second kappa shape index (κ2) is 7.98. The minimum absolute atomic E-state index is 0.0599. The van der Waals surface area contributed by atoms with Crippen LogP contribution in [0.5, 0.6) is 0 Å². The summed E-state index contributed by atoms with van der Waals surface area (Å²) < 4.78 is 40.9. The molecule has 0 bridgehead atoms. The molecule has 0 radical (unpaired) electrons. The van der Waals surface area contributed by atoms with Crippen LogP contribution in [-0.2, 0) is 12.7 Å². The highest BCUT2D eigenvalue weighted by molar-refractivity contribution is 7.99. The van der Waals surface area contributed by atoms with Crippen LogP contribution in [0.25, 0.3) is 0 Å². The van der Waals surface area contributed by atoms with Gasteiger partial charge >= 0.3 is 6.18 Å². The number of anilines is 1. The number of halogens is 3. The van der Waals surface area contributed by atoms with Gasteiger partial charge < -0.3 is 9.47 Å². The Morgan fingerprint density at radius 1 is 1.09 bits per heavy atom. The number of rotatable bonds is 4. The third-order valence-corrected chi connectivity index (χ3v) is 6.87. The van der Waals surface area contributed by atoms with Crippen LogP contribution in [0.4, 0.5) is 18.9 Å². The summed E-state index contributed by atoms with van der Waals surface area (Å²) in [6.45, 7) is 3.01. The van der Waals surface area contributed by atoms with Gasteiger partial charge in [-0.05, 0) is 36.8 Å². The molecule has 170 valence electrons. The molecule has 3 heterocycles. The summed E-state index contributed by atoms with van der Waals surface area (Å²) >= 11 is 1.47. The molecule has 2 aliphatic rings. The second-order valence-electron chi connectivity index (χ2n) is 8.19. The highest BCUT2D eigenvalue weighted by atomic mass is 32.2. The molecule has 1 amide bonds. The Balaban J connectivity index is 1.58. The highest BCUT2D eigenvalue weighted by Gasteiger charge is 2.40. The van der Waals surface area contributed by atoms with Gasteiger partial charge in [-0.1, -0.05) is 42.1 Å². The molecule has 1 unspecified atom stereocenters. The quantitative estimate of drug-likeness (QED) is 0.516. The van der Waals surface area contributed by atoms with Crippen LogP contribution in [0.1, 0.15) is 28.4 Å². The summed E-state index contributed by atoms with van der Waals surface area (Å²) in [4.78, 5) is 22.6. The van der Waals surface area contributed by atoms with Gasteiger partial charge in [0.25, 0.3) is 5.91 Å². The van der Waals surface area contributed by atoms with Crippen molar-refractivity contribution < 1.29 is 18.0 Å². The summed E-state index contributed by atoms with van der Waals surface area (Å²) in [6.07, 6.45) is -2.46. The Morgan fingerprint density at radius 3 is 2.45 bits per heavy atom. The fraction of sp³-hybridized carbons (Fsp3) is 0.250. The third-order valence-electron chi connectivity index (χ3n) is 5.73. The van der Waals surface area contributed by atoms with Crippen molar-refractivity contribution in [2.75, 3.05) is 18.5 Å². The Labute approximate surface area is 193 Å². The first kappa shape index (κ1) is 21.6. The maximum Gasteiger partial charge on any atom is 0.416 e. The van der Waals surface area contributed by atoms with Gasteiger partial charge in [0, 0.05) is 31.2 Å². The normalized spacial score (nSPS) is 17.8. The smallest absolute Gasteiger partial charge is 0.335 e. The van der Waals surface area contributed by atoms with E-state index in [1.54, 1.807) is 11.9 Å². The SMILES string of the molecule is CC1CN2C(=N1)N(C)C(=O)c1c2cn(Cc2ccc(C(F)(F)F)cc2)c1Sc1ccccc1. The minimum Gasteiger partial charge on any atom is -0.335 e. The van der Waals surface area contributed by atoms with Crippen LogP contribution in [0.15, 0.2) is 75.7 Å². The number of alkyl halides is 3. The van der Waals surface area contributed by atoms with Gasteiger partial charge in [-0.15, -0.1) is 0 Å². The van der Waals surface area contributed by atoms with E-state index in [0.29, 0.717) is 24.6 Å². The van der Waals surface area contributed by atoms with E-state index in [1.807, 2.05) is 52.9 Å². The van der Waals surface area contributed by atoms with E-state index < -0.39 is 11.7 Å². The molecule has 0 aliphatic carbocycles. The average Bonchev–Trinajstić information content (AvgIpc) is 3.33. The van der Waals surface area contributed by atoms with Crippen LogP contribution in [0, 0.1) is 0 Å². The lowest BCUT2D eigenvalue weighted by Crippen LogP contribution is -2.47. The van der Waals surface area contributed by atoms with E-state index in [1.165, 1.54) is 23.9 Å². The van der Waals surface area contributed by atoms with Gasteiger partial charge in [0.15, 0.2) is 0 Å². The molecule has 2 aromatic carbocycles. The molecule has 0 N–H and O–H groups in total. The van der Waals surface area contributed by atoms with E-state index in [4.69, 9.17) is 0 Å². The molecule has 9 heteroatoms. The molecule has 1 aromatic heterocycles. The zero-order chi connectivity index (χ0) is 23.3. The van der Waals surface area contributed by atoms with Crippen molar-refractivity contribution in [3.63, 3.8) is 0 Å². The number of guanidine groups is 1. The van der Waals surface area contributed by atoms with Crippen molar-refractivity contribution >= 4 is 29.3 Å². The molecule has 0 saturated carbocycles. The molecule has 5 nitrogen and oxygen atoms in total. The van der Waals surface area contributed by atoms with Crippen LogP contribution >= 0.6 is 11.8 Å². The first-order valence-corrected chi connectivity index (χ1v) is 11.3. The fourth-order valence-corrected chi connectivity index (χ4v) is 5.18. The zero-order valence-corrected chi connectivity index (χ0v) is 18.8. The van der Waals surface area contributed by atoms with Crippen molar-refractivity contribution in [3.8, 4) is 0 Å². The number of carbonyl (C=O) groups excluding carboxylic acids is 1. The Hall–Kier alpha value is -3.20. The van der Waals surface area contributed by atoms with Gasteiger partial charge in [0.05, 0.1) is 27.9 Å². The predicted molar refractivity (Wildman–Crippen MR) is 122 cm³/mol. The standard InChI is InChI=1S/C24H21F3N4OS/c1-15-12-31-19-14-30(13-16-8-10-17(11-9-16)24(25,26)27)22(33-18-6-4-3-5-7-18)20(19)21(32)29(2)23(31)28-15/h3-11,14-15H,12-13H2,1-2H3. The largest absolute Gasteiger partial charge is 0.416 e. The number of aliphatic imine (C=N–C) groups is 1. The number of amides is 1. The van der Waals surface area contributed by atoms with Gasteiger partial charge in [-0.25, -0.2) is 4.99 Å². The first-order chi connectivity index (χ1) is 15.7.